The summed E-state index contributed by atoms with van der Waals surface area (Å²) in [6, 6.07) is 7.25. The first-order valence-electron chi connectivity index (χ1n) is 7.96. The maximum atomic E-state index is 12.4. The van der Waals surface area contributed by atoms with E-state index in [1.165, 1.54) is 4.57 Å². The number of aromatic amines is 1. The zero-order valence-electron chi connectivity index (χ0n) is 14.0. The van der Waals surface area contributed by atoms with Gasteiger partial charge in [0.15, 0.2) is 0 Å². The number of hydrogen-bond donors (Lipinski definition) is 2. The number of carbonyl (C=O) groups excluding carboxylic acids is 1. The molecule has 1 unspecified atom stereocenters. The molecule has 0 aliphatic heterocycles. The number of nitrogens with zero attached hydrogens (tertiary/aromatic N) is 3. The molecule has 0 spiro atoms. The molecule has 0 bridgehead atoms. The highest BCUT2D eigenvalue weighted by Gasteiger charge is 2.18. The average Bonchev–Trinajstić information content (AvgIpc) is 3.11. The lowest BCUT2D eigenvalue weighted by Crippen LogP contribution is -2.35. The largest absolute Gasteiger partial charge is 0.345 e. The summed E-state index contributed by atoms with van der Waals surface area (Å²) in [5.41, 5.74) is 2.31. The first-order chi connectivity index (χ1) is 11.5. The van der Waals surface area contributed by atoms with Crippen LogP contribution in [0.15, 0.2) is 35.3 Å². The van der Waals surface area contributed by atoms with Crippen LogP contribution in [0.5, 0.6) is 0 Å². The number of fused-ring (bicyclic) bond motifs is 1. The Morgan fingerprint density at radius 1 is 1.33 bits per heavy atom. The molecule has 1 amide bonds. The Hall–Kier alpha value is -2.83. The molecule has 24 heavy (non-hydrogen) atoms. The lowest BCUT2D eigenvalue weighted by Gasteiger charge is -2.15. The second-order valence-corrected chi connectivity index (χ2v) is 5.90. The highest BCUT2D eigenvalue weighted by molar-refractivity contribution is 5.81. The van der Waals surface area contributed by atoms with Gasteiger partial charge in [-0.25, -0.2) is 9.78 Å². The summed E-state index contributed by atoms with van der Waals surface area (Å²) in [7, 11) is 1.71. The Bertz CT molecular complexity index is 934. The number of benzene rings is 1. The Morgan fingerprint density at radius 2 is 2.04 bits per heavy atom. The van der Waals surface area contributed by atoms with Gasteiger partial charge in [0, 0.05) is 18.9 Å². The number of para-hydroxylation sites is 2. The van der Waals surface area contributed by atoms with E-state index in [0.29, 0.717) is 6.42 Å². The number of amides is 1. The van der Waals surface area contributed by atoms with Crippen molar-refractivity contribution in [1.29, 1.82) is 0 Å². The number of carbonyl (C=O) groups is 1. The number of imidazole rings is 2. The molecule has 0 saturated carbocycles. The molecule has 0 fully saturated rings. The molecule has 3 rings (SSSR count). The number of aromatic nitrogens is 4. The first kappa shape index (κ1) is 16.0. The van der Waals surface area contributed by atoms with E-state index in [2.05, 4.69) is 15.3 Å². The van der Waals surface area contributed by atoms with Crippen molar-refractivity contribution in [2.45, 2.75) is 32.9 Å². The monoisotopic (exact) mass is 327 g/mol. The van der Waals surface area contributed by atoms with E-state index in [1.807, 2.05) is 38.1 Å². The molecular weight excluding hydrogens is 306 g/mol. The van der Waals surface area contributed by atoms with Gasteiger partial charge in [-0.3, -0.25) is 13.9 Å². The highest BCUT2D eigenvalue weighted by atomic mass is 16.2. The van der Waals surface area contributed by atoms with E-state index >= 15 is 0 Å². The molecule has 0 aliphatic carbocycles. The first-order valence-corrected chi connectivity index (χ1v) is 7.96. The molecule has 2 heterocycles. The molecule has 1 aromatic carbocycles. The molecular formula is C17H21N5O2. The quantitative estimate of drug-likeness (QED) is 0.747. The Morgan fingerprint density at radius 3 is 2.67 bits per heavy atom. The van der Waals surface area contributed by atoms with Crippen LogP contribution in [0, 0.1) is 6.92 Å². The van der Waals surface area contributed by atoms with Gasteiger partial charge in [-0.1, -0.05) is 19.1 Å². The van der Waals surface area contributed by atoms with Crippen LogP contribution < -0.4 is 11.0 Å². The van der Waals surface area contributed by atoms with Gasteiger partial charge in [0.2, 0.25) is 5.91 Å². The van der Waals surface area contributed by atoms with Gasteiger partial charge in [0.05, 0.1) is 17.1 Å². The van der Waals surface area contributed by atoms with Crippen LogP contribution >= 0.6 is 0 Å². The van der Waals surface area contributed by atoms with Gasteiger partial charge in [0.1, 0.15) is 12.4 Å². The Balaban J connectivity index is 1.82. The zero-order valence-corrected chi connectivity index (χ0v) is 14.0. The summed E-state index contributed by atoms with van der Waals surface area (Å²) in [5.74, 6) is 0.517. The summed E-state index contributed by atoms with van der Waals surface area (Å²) in [6.45, 7) is 3.88. The van der Waals surface area contributed by atoms with Gasteiger partial charge in [-0.15, -0.1) is 0 Å². The van der Waals surface area contributed by atoms with Gasteiger partial charge in [-0.05, 0) is 25.5 Å². The van der Waals surface area contributed by atoms with Crippen LogP contribution in [0.25, 0.3) is 11.0 Å². The van der Waals surface area contributed by atoms with Crippen molar-refractivity contribution in [3.63, 3.8) is 0 Å². The van der Waals surface area contributed by atoms with E-state index in [4.69, 9.17) is 0 Å². The number of H-pyrrole nitrogens is 1. The van der Waals surface area contributed by atoms with E-state index in [0.717, 1.165) is 22.6 Å². The van der Waals surface area contributed by atoms with E-state index in [9.17, 15) is 9.59 Å². The predicted octanol–water partition coefficient (Wildman–Crippen LogP) is 1.64. The van der Waals surface area contributed by atoms with E-state index in [-0.39, 0.29) is 24.2 Å². The second kappa shape index (κ2) is 6.35. The SMILES string of the molecule is CCC(NC(=O)Cn1c(=O)n(C)c2ccccc21)c1ncc(C)[nH]1. The molecule has 3 aromatic rings. The molecule has 1 atom stereocenters. The van der Waals surface area contributed by atoms with Gasteiger partial charge >= 0.3 is 5.69 Å². The topological polar surface area (TPSA) is 84.7 Å². The van der Waals surface area contributed by atoms with Gasteiger partial charge < -0.3 is 10.3 Å². The van der Waals surface area contributed by atoms with Crippen molar-refractivity contribution in [3.05, 3.63) is 52.5 Å². The summed E-state index contributed by atoms with van der Waals surface area (Å²) >= 11 is 0. The van der Waals surface area contributed by atoms with Crippen molar-refractivity contribution in [2.75, 3.05) is 0 Å². The fourth-order valence-electron chi connectivity index (χ4n) is 2.87. The molecule has 0 aliphatic rings. The molecule has 0 radical (unpaired) electrons. The minimum atomic E-state index is -0.214. The molecule has 126 valence electrons. The minimum absolute atomic E-state index is 0.0175. The Labute approximate surface area is 139 Å². The van der Waals surface area contributed by atoms with Crippen LogP contribution in [-0.4, -0.2) is 25.0 Å². The molecule has 7 heteroatoms. The van der Waals surface area contributed by atoms with Gasteiger partial charge in [-0.2, -0.15) is 0 Å². The maximum absolute atomic E-state index is 12.4. The molecule has 2 aromatic heterocycles. The average molecular weight is 327 g/mol. The summed E-state index contributed by atoms with van der Waals surface area (Å²) in [4.78, 5) is 32.2. The van der Waals surface area contributed by atoms with E-state index < -0.39 is 0 Å². The third-order valence-electron chi connectivity index (χ3n) is 4.15. The third kappa shape index (κ3) is 2.84. The summed E-state index contributed by atoms with van der Waals surface area (Å²) in [5, 5.41) is 2.94. The van der Waals surface area contributed by atoms with Gasteiger partial charge in [0.25, 0.3) is 0 Å². The van der Waals surface area contributed by atoms with Crippen molar-refractivity contribution >= 4 is 16.9 Å². The van der Waals surface area contributed by atoms with Crippen LogP contribution in [0.1, 0.15) is 30.9 Å². The maximum Gasteiger partial charge on any atom is 0.329 e. The number of aryl methyl sites for hydroxylation is 2. The predicted molar refractivity (Wildman–Crippen MR) is 91.7 cm³/mol. The molecule has 0 saturated heterocycles. The third-order valence-corrected chi connectivity index (χ3v) is 4.15. The summed E-state index contributed by atoms with van der Waals surface area (Å²) in [6.07, 6.45) is 2.45. The minimum Gasteiger partial charge on any atom is -0.345 e. The van der Waals surface area contributed by atoms with Crippen LogP contribution in [0.4, 0.5) is 0 Å². The van der Waals surface area contributed by atoms with Crippen molar-refractivity contribution in [2.24, 2.45) is 7.05 Å². The van der Waals surface area contributed by atoms with Crippen LogP contribution in [-0.2, 0) is 18.4 Å². The summed E-state index contributed by atoms with van der Waals surface area (Å²) < 4.78 is 3.04. The zero-order chi connectivity index (χ0) is 17.3. The number of rotatable bonds is 5. The second-order valence-electron chi connectivity index (χ2n) is 5.90. The van der Waals surface area contributed by atoms with Crippen molar-refractivity contribution < 1.29 is 4.79 Å². The normalized spacial score (nSPS) is 12.5. The lowest BCUT2D eigenvalue weighted by atomic mass is 10.2. The van der Waals surface area contributed by atoms with Crippen LogP contribution in [0.3, 0.4) is 0 Å². The fraction of sp³-hybridized carbons (Fsp3) is 0.353. The number of hydrogen-bond acceptors (Lipinski definition) is 3. The number of nitrogens with one attached hydrogen (secondary N) is 2. The standard InChI is InChI=1S/C17H21N5O2/c1-4-12(16-18-9-11(2)19-16)20-15(23)10-22-14-8-6-5-7-13(14)21(3)17(22)24/h5-9,12H,4,10H2,1-3H3,(H,18,19)(H,20,23). The van der Waals surface area contributed by atoms with E-state index in [1.54, 1.807) is 17.8 Å². The van der Waals surface area contributed by atoms with Crippen LogP contribution in [0.2, 0.25) is 0 Å². The highest BCUT2D eigenvalue weighted by Crippen LogP contribution is 2.14. The lowest BCUT2D eigenvalue weighted by molar-refractivity contribution is -0.122. The molecule has 7 nitrogen and oxygen atoms in total. The smallest absolute Gasteiger partial charge is 0.329 e. The fourth-order valence-corrected chi connectivity index (χ4v) is 2.87. The Kier molecular flexibility index (Phi) is 4.24. The van der Waals surface area contributed by atoms with Crippen molar-refractivity contribution in [1.82, 2.24) is 24.4 Å². The van der Waals surface area contributed by atoms with Crippen molar-refractivity contribution in [3.8, 4) is 0 Å². The molecule has 2 N–H and O–H groups in total.